The van der Waals surface area contributed by atoms with Crippen molar-refractivity contribution in [2.24, 2.45) is 7.05 Å². The molecule has 3 rings (SSSR count). The number of benzene rings is 1. The molecule has 1 aromatic heterocycles. The van der Waals surface area contributed by atoms with E-state index in [0.29, 0.717) is 11.1 Å². The van der Waals surface area contributed by atoms with Gasteiger partial charge in [-0.05, 0) is 37.3 Å². The van der Waals surface area contributed by atoms with E-state index in [4.69, 9.17) is 0 Å². The summed E-state index contributed by atoms with van der Waals surface area (Å²) in [6, 6.07) is 8.68. The summed E-state index contributed by atoms with van der Waals surface area (Å²) in [7, 11) is 1.58. The van der Waals surface area contributed by atoms with Crippen LogP contribution in [0.1, 0.15) is 33.6 Å². The third-order valence-corrected chi connectivity index (χ3v) is 5.22. The number of aromatic nitrogens is 1. The van der Waals surface area contributed by atoms with E-state index in [9.17, 15) is 14.4 Å². The second kappa shape index (κ2) is 7.78. The van der Waals surface area contributed by atoms with E-state index in [-0.39, 0.29) is 23.1 Å². The lowest BCUT2D eigenvalue weighted by atomic mass is 10.2. The molecule has 0 unspecified atom stereocenters. The van der Waals surface area contributed by atoms with Crippen molar-refractivity contribution in [2.75, 3.05) is 24.7 Å². The minimum absolute atomic E-state index is 0.110. The largest absolute Gasteiger partial charge is 0.339 e. The molecule has 1 N–H and O–H groups in total. The molecule has 6 nitrogen and oxygen atoms in total. The number of nitrogens with one attached hydrogen (secondary N) is 1. The topological polar surface area (TPSA) is 71.4 Å². The minimum atomic E-state index is -0.363. The minimum Gasteiger partial charge on any atom is -0.339 e. The fraction of sp³-hybridized carbons (Fsp3) is 0.316. The van der Waals surface area contributed by atoms with Crippen LogP contribution in [0.3, 0.4) is 0 Å². The van der Waals surface area contributed by atoms with Crippen molar-refractivity contribution in [3.63, 3.8) is 0 Å². The van der Waals surface area contributed by atoms with Gasteiger partial charge in [0.15, 0.2) is 0 Å². The summed E-state index contributed by atoms with van der Waals surface area (Å²) in [5.41, 5.74) is 0.664. The number of nitrogens with zero attached hydrogens (tertiary/aromatic N) is 2. The zero-order valence-electron chi connectivity index (χ0n) is 14.8. The van der Waals surface area contributed by atoms with Crippen molar-refractivity contribution >= 4 is 29.3 Å². The van der Waals surface area contributed by atoms with E-state index in [1.54, 1.807) is 24.1 Å². The molecule has 0 aliphatic carbocycles. The van der Waals surface area contributed by atoms with Gasteiger partial charge in [-0.3, -0.25) is 14.4 Å². The van der Waals surface area contributed by atoms with Gasteiger partial charge < -0.3 is 14.8 Å². The number of aryl methyl sites for hydroxylation is 1. The van der Waals surface area contributed by atoms with Crippen LogP contribution in [-0.2, 0) is 7.05 Å². The van der Waals surface area contributed by atoms with E-state index in [1.165, 1.54) is 28.6 Å². The zero-order chi connectivity index (χ0) is 18.7. The van der Waals surface area contributed by atoms with Gasteiger partial charge in [-0.1, -0.05) is 12.1 Å². The fourth-order valence-electron chi connectivity index (χ4n) is 3.04. The van der Waals surface area contributed by atoms with E-state index in [0.717, 1.165) is 30.8 Å². The van der Waals surface area contributed by atoms with Gasteiger partial charge in [-0.2, -0.15) is 0 Å². The molecule has 1 aliphatic heterocycles. The Morgan fingerprint density at radius 3 is 2.54 bits per heavy atom. The second-order valence-corrected chi connectivity index (χ2v) is 7.06. The van der Waals surface area contributed by atoms with Gasteiger partial charge in [0.05, 0.1) is 11.1 Å². The number of pyridine rings is 1. The summed E-state index contributed by atoms with van der Waals surface area (Å²) in [6.45, 7) is 1.45. The van der Waals surface area contributed by atoms with Crippen LogP contribution in [0.5, 0.6) is 0 Å². The summed E-state index contributed by atoms with van der Waals surface area (Å²) in [5.74, 6) is -0.476. The number of hydrogen-bond acceptors (Lipinski definition) is 4. The quantitative estimate of drug-likeness (QED) is 0.839. The molecule has 7 heteroatoms. The summed E-state index contributed by atoms with van der Waals surface area (Å²) >= 11 is 1.46. The van der Waals surface area contributed by atoms with Crippen molar-refractivity contribution in [3.8, 4) is 0 Å². The van der Waals surface area contributed by atoms with E-state index in [1.807, 2.05) is 18.4 Å². The molecule has 0 radical (unpaired) electrons. The number of hydrogen-bond donors (Lipinski definition) is 1. The van der Waals surface area contributed by atoms with Gasteiger partial charge in [0.1, 0.15) is 5.69 Å². The SMILES string of the molecule is CSc1ccccc1C(=O)Nc1cc(C(=O)N2CCCC2)cn(C)c1=O. The molecule has 26 heavy (non-hydrogen) atoms. The van der Waals surface area contributed by atoms with Crippen molar-refractivity contribution in [1.82, 2.24) is 9.47 Å². The number of carbonyl (C=O) groups excluding carboxylic acids is 2. The summed E-state index contributed by atoms with van der Waals surface area (Å²) in [4.78, 5) is 40.2. The van der Waals surface area contributed by atoms with Crippen LogP contribution in [0.4, 0.5) is 5.69 Å². The van der Waals surface area contributed by atoms with E-state index < -0.39 is 0 Å². The first-order chi connectivity index (χ1) is 12.5. The van der Waals surface area contributed by atoms with Crippen LogP contribution in [0, 0.1) is 0 Å². The summed E-state index contributed by atoms with van der Waals surface area (Å²) in [5, 5.41) is 2.67. The first-order valence-corrected chi connectivity index (χ1v) is 9.68. The standard InChI is InChI=1S/C19H21N3O3S/c1-21-12-13(18(24)22-9-5-6-10-22)11-15(19(21)25)20-17(23)14-7-3-4-8-16(14)26-2/h3-4,7-8,11-12H,5-6,9-10H2,1-2H3,(H,20,23). The monoisotopic (exact) mass is 371 g/mol. The van der Waals surface area contributed by atoms with Crippen LogP contribution >= 0.6 is 11.8 Å². The number of carbonyl (C=O) groups is 2. The maximum atomic E-state index is 12.6. The molecule has 0 saturated carbocycles. The third kappa shape index (κ3) is 3.67. The molecule has 0 atom stereocenters. The molecule has 1 saturated heterocycles. The van der Waals surface area contributed by atoms with E-state index >= 15 is 0 Å². The number of likely N-dealkylation sites (tertiary alicyclic amines) is 1. The fourth-order valence-corrected chi connectivity index (χ4v) is 3.64. The number of amides is 2. The highest BCUT2D eigenvalue weighted by atomic mass is 32.2. The molecule has 136 valence electrons. The maximum absolute atomic E-state index is 12.6. The molecule has 2 heterocycles. The molecule has 0 spiro atoms. The Morgan fingerprint density at radius 2 is 1.85 bits per heavy atom. The highest BCUT2D eigenvalue weighted by Crippen LogP contribution is 2.21. The number of rotatable bonds is 4. The predicted molar refractivity (Wildman–Crippen MR) is 103 cm³/mol. The molecule has 0 bridgehead atoms. The van der Waals surface area contributed by atoms with E-state index in [2.05, 4.69) is 5.32 Å². The first-order valence-electron chi connectivity index (χ1n) is 8.45. The Bertz CT molecular complexity index is 901. The molecular weight excluding hydrogens is 350 g/mol. The summed E-state index contributed by atoms with van der Waals surface area (Å²) < 4.78 is 1.33. The average Bonchev–Trinajstić information content (AvgIpc) is 3.19. The number of anilines is 1. The predicted octanol–water partition coefficient (Wildman–Crippen LogP) is 2.60. The summed E-state index contributed by atoms with van der Waals surface area (Å²) in [6.07, 6.45) is 5.40. The molecule has 1 aromatic carbocycles. The smallest absolute Gasteiger partial charge is 0.274 e. The average molecular weight is 371 g/mol. The van der Waals surface area contributed by atoms with Crippen molar-refractivity contribution < 1.29 is 9.59 Å². The van der Waals surface area contributed by atoms with Crippen LogP contribution in [-0.4, -0.2) is 40.6 Å². The molecular formula is C19H21N3O3S. The maximum Gasteiger partial charge on any atom is 0.274 e. The van der Waals surface area contributed by atoms with Crippen LogP contribution in [0.25, 0.3) is 0 Å². The highest BCUT2D eigenvalue weighted by Gasteiger charge is 2.22. The van der Waals surface area contributed by atoms with Crippen LogP contribution < -0.4 is 10.9 Å². The molecule has 1 fully saturated rings. The number of thioether (sulfide) groups is 1. The Labute approximate surface area is 156 Å². The van der Waals surface area contributed by atoms with Crippen LogP contribution in [0.2, 0.25) is 0 Å². The third-order valence-electron chi connectivity index (χ3n) is 4.42. The van der Waals surface area contributed by atoms with Gasteiger partial charge in [0, 0.05) is 31.2 Å². The zero-order valence-corrected chi connectivity index (χ0v) is 15.6. The first kappa shape index (κ1) is 18.3. The lowest BCUT2D eigenvalue weighted by Gasteiger charge is -2.16. The lowest BCUT2D eigenvalue weighted by Crippen LogP contribution is -2.31. The van der Waals surface area contributed by atoms with Crippen LogP contribution in [0.15, 0.2) is 46.2 Å². The van der Waals surface area contributed by atoms with Crippen molar-refractivity contribution in [2.45, 2.75) is 17.7 Å². The highest BCUT2D eigenvalue weighted by molar-refractivity contribution is 7.98. The molecule has 2 aromatic rings. The molecule has 2 amide bonds. The van der Waals surface area contributed by atoms with Gasteiger partial charge in [-0.25, -0.2) is 0 Å². The second-order valence-electron chi connectivity index (χ2n) is 6.21. The van der Waals surface area contributed by atoms with Gasteiger partial charge in [0.25, 0.3) is 17.4 Å². The van der Waals surface area contributed by atoms with Gasteiger partial charge in [-0.15, -0.1) is 11.8 Å². The molecule has 1 aliphatic rings. The lowest BCUT2D eigenvalue weighted by molar-refractivity contribution is 0.0791. The van der Waals surface area contributed by atoms with Crippen molar-refractivity contribution in [1.29, 1.82) is 0 Å². The van der Waals surface area contributed by atoms with Gasteiger partial charge in [0.2, 0.25) is 0 Å². The Morgan fingerprint density at radius 1 is 1.15 bits per heavy atom. The normalized spacial score (nSPS) is 13.7. The Hall–Kier alpha value is -2.54. The van der Waals surface area contributed by atoms with Crippen molar-refractivity contribution in [3.05, 3.63) is 58.0 Å². The Kier molecular flexibility index (Phi) is 5.46. The van der Waals surface area contributed by atoms with Gasteiger partial charge >= 0.3 is 0 Å². The Balaban J connectivity index is 1.91.